The summed E-state index contributed by atoms with van der Waals surface area (Å²) >= 11 is 12.1. The molecule has 0 aliphatic heterocycles. The lowest BCUT2D eigenvalue weighted by Gasteiger charge is -2.29. The van der Waals surface area contributed by atoms with Crippen LogP contribution in [0.3, 0.4) is 0 Å². The van der Waals surface area contributed by atoms with Crippen molar-refractivity contribution in [2.24, 2.45) is 11.7 Å². The van der Waals surface area contributed by atoms with Crippen molar-refractivity contribution >= 4 is 29.1 Å². The summed E-state index contributed by atoms with van der Waals surface area (Å²) < 4.78 is 0. The van der Waals surface area contributed by atoms with Crippen molar-refractivity contribution in [1.82, 2.24) is 4.90 Å². The summed E-state index contributed by atoms with van der Waals surface area (Å²) in [6.45, 7) is 1.97. The Kier molecular flexibility index (Phi) is 4.95. The monoisotopic (exact) mass is 314 g/mol. The zero-order valence-electron chi connectivity index (χ0n) is 11.8. The van der Waals surface area contributed by atoms with Gasteiger partial charge in [0.15, 0.2) is 0 Å². The number of amides is 1. The highest BCUT2D eigenvalue weighted by Crippen LogP contribution is 2.32. The molecule has 1 aromatic rings. The molecule has 2 N–H and O–H groups in total. The topological polar surface area (TPSA) is 46.3 Å². The highest BCUT2D eigenvalue weighted by molar-refractivity contribution is 6.35. The maximum atomic E-state index is 12.5. The molecule has 0 heterocycles. The lowest BCUT2D eigenvalue weighted by Crippen LogP contribution is -2.40. The van der Waals surface area contributed by atoms with Gasteiger partial charge in [-0.2, -0.15) is 0 Å². The van der Waals surface area contributed by atoms with Crippen molar-refractivity contribution < 1.29 is 4.79 Å². The summed E-state index contributed by atoms with van der Waals surface area (Å²) in [4.78, 5) is 14.3. The lowest BCUT2D eigenvalue weighted by atomic mass is 10.00. The number of hydrogen-bond acceptors (Lipinski definition) is 2. The van der Waals surface area contributed by atoms with Crippen LogP contribution in [0.15, 0.2) is 18.2 Å². The zero-order valence-corrected chi connectivity index (χ0v) is 13.3. The summed E-state index contributed by atoms with van der Waals surface area (Å²) in [5.74, 6) is 0.0436. The number of nitrogens with zero attached hydrogens (tertiary/aromatic N) is 1. The number of carbonyl (C=O) groups is 1. The maximum absolute atomic E-state index is 12.5. The normalized spacial score (nSPS) is 23.6. The molecule has 2 rings (SSSR count). The maximum Gasteiger partial charge on any atom is 0.227 e. The number of halogens is 2. The predicted molar refractivity (Wildman–Crippen MR) is 83.0 cm³/mol. The highest BCUT2D eigenvalue weighted by atomic mass is 35.5. The predicted octanol–water partition coefficient (Wildman–Crippen LogP) is 3.64. The number of nitrogens with two attached hydrogens (primary N) is 1. The third-order valence-electron chi connectivity index (χ3n) is 4.23. The van der Waals surface area contributed by atoms with Crippen molar-refractivity contribution in [3.05, 3.63) is 33.8 Å². The van der Waals surface area contributed by atoms with E-state index >= 15 is 0 Å². The quantitative estimate of drug-likeness (QED) is 0.925. The van der Waals surface area contributed by atoms with Crippen molar-refractivity contribution in [2.45, 2.75) is 38.3 Å². The fraction of sp³-hybridized carbons (Fsp3) is 0.533. The van der Waals surface area contributed by atoms with Gasteiger partial charge in [-0.25, -0.2) is 0 Å². The molecule has 3 unspecified atom stereocenters. The SMILES string of the molecule is CC(c1ccc(Cl)cc1Cl)N(C)C(=O)C1CCCC1N. The highest BCUT2D eigenvalue weighted by Gasteiger charge is 2.34. The number of carbonyl (C=O) groups excluding carboxylic acids is 1. The summed E-state index contributed by atoms with van der Waals surface area (Å²) in [7, 11) is 1.81. The van der Waals surface area contributed by atoms with E-state index in [1.54, 1.807) is 17.0 Å². The first kappa shape index (κ1) is 15.6. The molecule has 5 heteroatoms. The first-order chi connectivity index (χ1) is 9.41. The molecular formula is C15H20Cl2N2O. The van der Waals surface area contributed by atoms with E-state index in [4.69, 9.17) is 28.9 Å². The van der Waals surface area contributed by atoms with Gasteiger partial charge in [0.1, 0.15) is 0 Å². The summed E-state index contributed by atoms with van der Waals surface area (Å²) in [5.41, 5.74) is 6.92. The van der Waals surface area contributed by atoms with E-state index < -0.39 is 0 Å². The molecule has 1 aliphatic carbocycles. The third kappa shape index (κ3) is 3.11. The van der Waals surface area contributed by atoms with E-state index in [1.807, 2.05) is 20.0 Å². The average Bonchev–Trinajstić information content (AvgIpc) is 2.82. The second-order valence-corrected chi connectivity index (χ2v) is 6.34. The first-order valence-electron chi connectivity index (χ1n) is 6.89. The molecule has 1 amide bonds. The van der Waals surface area contributed by atoms with E-state index in [0.29, 0.717) is 10.0 Å². The van der Waals surface area contributed by atoms with Gasteiger partial charge < -0.3 is 10.6 Å². The van der Waals surface area contributed by atoms with Gasteiger partial charge in [0, 0.05) is 23.1 Å². The van der Waals surface area contributed by atoms with Crippen molar-refractivity contribution in [1.29, 1.82) is 0 Å². The van der Waals surface area contributed by atoms with Crippen LogP contribution in [0, 0.1) is 5.92 Å². The Hall–Kier alpha value is -0.770. The molecule has 1 saturated carbocycles. The van der Waals surface area contributed by atoms with Crippen LogP contribution < -0.4 is 5.73 Å². The van der Waals surface area contributed by atoms with Gasteiger partial charge in [-0.05, 0) is 37.5 Å². The molecule has 3 nitrogen and oxygen atoms in total. The Bertz CT molecular complexity index is 507. The summed E-state index contributed by atoms with van der Waals surface area (Å²) in [6.07, 6.45) is 2.84. The van der Waals surface area contributed by atoms with Gasteiger partial charge in [0.25, 0.3) is 0 Å². The van der Waals surface area contributed by atoms with E-state index in [2.05, 4.69) is 0 Å². The number of benzene rings is 1. The molecule has 0 saturated heterocycles. The van der Waals surface area contributed by atoms with Gasteiger partial charge in [-0.1, -0.05) is 35.7 Å². The van der Waals surface area contributed by atoms with Crippen LogP contribution in [0.1, 0.15) is 37.8 Å². The van der Waals surface area contributed by atoms with Gasteiger partial charge >= 0.3 is 0 Å². The van der Waals surface area contributed by atoms with E-state index in [1.165, 1.54) is 0 Å². The zero-order chi connectivity index (χ0) is 14.9. The Morgan fingerprint density at radius 1 is 1.40 bits per heavy atom. The number of hydrogen-bond donors (Lipinski definition) is 1. The summed E-state index contributed by atoms with van der Waals surface area (Å²) in [5, 5.41) is 1.18. The van der Waals surface area contributed by atoms with Crippen LogP contribution in [0.4, 0.5) is 0 Å². The molecule has 0 radical (unpaired) electrons. The van der Waals surface area contributed by atoms with E-state index in [-0.39, 0.29) is 23.9 Å². The molecule has 110 valence electrons. The van der Waals surface area contributed by atoms with Crippen molar-refractivity contribution in [3.8, 4) is 0 Å². The third-order valence-corrected chi connectivity index (χ3v) is 4.79. The Labute approximate surface area is 130 Å². The molecular weight excluding hydrogens is 295 g/mol. The lowest BCUT2D eigenvalue weighted by molar-refractivity contribution is -0.136. The van der Waals surface area contributed by atoms with Gasteiger partial charge in [0.05, 0.1) is 12.0 Å². The minimum atomic E-state index is -0.0972. The second-order valence-electron chi connectivity index (χ2n) is 5.49. The standard InChI is InChI=1S/C15H20Cl2N2O/c1-9(11-7-6-10(16)8-13(11)17)19(2)15(20)12-4-3-5-14(12)18/h6-9,12,14H,3-5,18H2,1-2H3. The fourth-order valence-corrected chi connectivity index (χ4v) is 3.36. The number of rotatable bonds is 3. The minimum Gasteiger partial charge on any atom is -0.339 e. The molecule has 20 heavy (non-hydrogen) atoms. The van der Waals surface area contributed by atoms with Crippen LogP contribution in [-0.2, 0) is 4.79 Å². The fourth-order valence-electron chi connectivity index (χ4n) is 2.80. The molecule has 1 aliphatic rings. The first-order valence-corrected chi connectivity index (χ1v) is 7.64. The van der Waals surface area contributed by atoms with Crippen molar-refractivity contribution in [2.75, 3.05) is 7.05 Å². The van der Waals surface area contributed by atoms with E-state index in [0.717, 1.165) is 24.8 Å². The average molecular weight is 315 g/mol. The molecule has 0 spiro atoms. The Morgan fingerprint density at radius 2 is 2.10 bits per heavy atom. The molecule has 0 bridgehead atoms. The molecule has 3 atom stereocenters. The molecule has 1 fully saturated rings. The molecule has 1 aromatic carbocycles. The Morgan fingerprint density at radius 3 is 2.65 bits per heavy atom. The largest absolute Gasteiger partial charge is 0.339 e. The van der Waals surface area contributed by atoms with Crippen LogP contribution in [-0.4, -0.2) is 23.9 Å². The van der Waals surface area contributed by atoms with Crippen LogP contribution in [0.2, 0.25) is 10.0 Å². The summed E-state index contributed by atoms with van der Waals surface area (Å²) in [6, 6.07) is 5.25. The second kappa shape index (κ2) is 6.33. The van der Waals surface area contributed by atoms with Crippen LogP contribution >= 0.6 is 23.2 Å². The van der Waals surface area contributed by atoms with Crippen molar-refractivity contribution in [3.63, 3.8) is 0 Å². The smallest absolute Gasteiger partial charge is 0.227 e. The van der Waals surface area contributed by atoms with E-state index in [9.17, 15) is 4.79 Å². The minimum absolute atomic E-state index is 0.0159. The Balaban J connectivity index is 2.15. The molecule has 0 aromatic heterocycles. The van der Waals surface area contributed by atoms with Crippen LogP contribution in [0.5, 0.6) is 0 Å². The van der Waals surface area contributed by atoms with Gasteiger partial charge in [-0.3, -0.25) is 4.79 Å². The van der Waals surface area contributed by atoms with Gasteiger partial charge in [0.2, 0.25) is 5.91 Å². The van der Waals surface area contributed by atoms with Gasteiger partial charge in [-0.15, -0.1) is 0 Å². The van der Waals surface area contributed by atoms with Crippen LogP contribution in [0.25, 0.3) is 0 Å².